The summed E-state index contributed by atoms with van der Waals surface area (Å²) in [6, 6.07) is 22.7. The van der Waals surface area contributed by atoms with Crippen molar-refractivity contribution in [1.29, 1.82) is 0 Å². The largest absolute Gasteiger partial charge is 0.494 e. The number of urea groups is 1. The van der Waals surface area contributed by atoms with Crippen molar-refractivity contribution in [2.24, 2.45) is 0 Å². The summed E-state index contributed by atoms with van der Waals surface area (Å²) in [4.78, 5) is 25.1. The first-order valence-corrected chi connectivity index (χ1v) is 11.1. The number of ether oxygens (including phenoxy) is 1. The first kappa shape index (κ1) is 23.9. The van der Waals surface area contributed by atoms with Crippen molar-refractivity contribution in [3.8, 4) is 16.9 Å². The Morgan fingerprint density at radius 1 is 0.970 bits per heavy atom. The van der Waals surface area contributed by atoms with Gasteiger partial charge in [-0.05, 0) is 65.9 Å². The molecular formula is C27H30N2O4. The summed E-state index contributed by atoms with van der Waals surface area (Å²) in [7, 11) is 1.73. The second-order valence-electron chi connectivity index (χ2n) is 7.86. The number of nitrogens with one attached hydrogen (secondary N) is 1. The van der Waals surface area contributed by atoms with E-state index in [4.69, 9.17) is 9.84 Å². The van der Waals surface area contributed by atoms with Gasteiger partial charge in [0.15, 0.2) is 0 Å². The standard InChI is InChI=1S/C27H30N2O4/c1-3-4-18-33-25-15-13-23(14-16-25)28-27(32)29(2)24-7-5-6-22(19-24)21-11-8-20(9-12-21)10-17-26(30)31/h5-9,11-16,19H,3-4,10,17-18H2,1-2H3,(H,28,32)(H,30,31). The van der Waals surface area contributed by atoms with Crippen LogP contribution in [-0.4, -0.2) is 30.8 Å². The summed E-state index contributed by atoms with van der Waals surface area (Å²) in [5.41, 5.74) is 4.42. The van der Waals surface area contributed by atoms with E-state index in [0.29, 0.717) is 18.7 Å². The van der Waals surface area contributed by atoms with Gasteiger partial charge < -0.3 is 15.2 Å². The number of unbranched alkanes of at least 4 members (excludes halogenated alkanes) is 1. The molecule has 2 amide bonds. The van der Waals surface area contributed by atoms with Gasteiger partial charge in [0.2, 0.25) is 0 Å². The van der Waals surface area contributed by atoms with E-state index in [1.165, 1.54) is 0 Å². The maximum absolute atomic E-state index is 12.8. The zero-order valence-electron chi connectivity index (χ0n) is 19.1. The van der Waals surface area contributed by atoms with Crippen molar-refractivity contribution >= 4 is 23.4 Å². The number of aryl methyl sites for hydroxylation is 1. The van der Waals surface area contributed by atoms with E-state index in [2.05, 4.69) is 12.2 Å². The highest BCUT2D eigenvalue weighted by Gasteiger charge is 2.12. The van der Waals surface area contributed by atoms with Crippen molar-refractivity contribution in [3.05, 3.63) is 78.4 Å². The predicted octanol–water partition coefficient (Wildman–Crippen LogP) is 6.22. The topological polar surface area (TPSA) is 78.9 Å². The molecule has 6 nitrogen and oxygen atoms in total. The molecule has 6 heteroatoms. The zero-order valence-corrected chi connectivity index (χ0v) is 19.1. The minimum Gasteiger partial charge on any atom is -0.494 e. The van der Waals surface area contributed by atoms with Crippen LogP contribution in [0.1, 0.15) is 31.7 Å². The number of aliphatic carboxylic acids is 1. The second kappa shape index (κ2) is 11.7. The van der Waals surface area contributed by atoms with Gasteiger partial charge >= 0.3 is 12.0 Å². The number of hydrogen-bond donors (Lipinski definition) is 2. The number of benzene rings is 3. The summed E-state index contributed by atoms with van der Waals surface area (Å²) < 4.78 is 5.66. The van der Waals surface area contributed by atoms with E-state index in [1.807, 2.05) is 72.8 Å². The average molecular weight is 447 g/mol. The molecule has 0 unspecified atom stereocenters. The van der Waals surface area contributed by atoms with Gasteiger partial charge in [0.25, 0.3) is 0 Å². The highest BCUT2D eigenvalue weighted by atomic mass is 16.5. The molecule has 0 heterocycles. The van der Waals surface area contributed by atoms with Gasteiger partial charge in [-0.1, -0.05) is 49.7 Å². The Balaban J connectivity index is 1.63. The van der Waals surface area contributed by atoms with Crippen LogP contribution in [0.4, 0.5) is 16.2 Å². The highest BCUT2D eigenvalue weighted by Crippen LogP contribution is 2.25. The molecule has 0 spiro atoms. The molecular weight excluding hydrogens is 416 g/mol. The molecule has 172 valence electrons. The van der Waals surface area contributed by atoms with Crippen LogP contribution >= 0.6 is 0 Å². The van der Waals surface area contributed by atoms with Gasteiger partial charge in [-0.15, -0.1) is 0 Å². The molecule has 0 aliphatic rings. The van der Waals surface area contributed by atoms with Crippen molar-refractivity contribution < 1.29 is 19.4 Å². The number of rotatable bonds is 10. The van der Waals surface area contributed by atoms with Crippen LogP contribution in [-0.2, 0) is 11.2 Å². The van der Waals surface area contributed by atoms with Gasteiger partial charge in [0, 0.05) is 24.8 Å². The Bertz CT molecular complexity index is 1060. The Kier molecular flexibility index (Phi) is 8.47. The van der Waals surface area contributed by atoms with Gasteiger partial charge in [-0.3, -0.25) is 9.69 Å². The Morgan fingerprint density at radius 3 is 2.36 bits per heavy atom. The van der Waals surface area contributed by atoms with E-state index >= 15 is 0 Å². The van der Waals surface area contributed by atoms with Crippen LogP contribution in [0.15, 0.2) is 72.8 Å². The van der Waals surface area contributed by atoms with Crippen molar-refractivity contribution in [2.75, 3.05) is 23.9 Å². The lowest BCUT2D eigenvalue weighted by Gasteiger charge is -2.19. The van der Waals surface area contributed by atoms with E-state index in [0.717, 1.165) is 41.0 Å². The maximum Gasteiger partial charge on any atom is 0.326 e. The number of carboxylic acid groups (broad SMARTS) is 1. The zero-order chi connectivity index (χ0) is 23.6. The van der Waals surface area contributed by atoms with Gasteiger partial charge in [-0.2, -0.15) is 0 Å². The number of anilines is 2. The second-order valence-corrected chi connectivity index (χ2v) is 7.86. The summed E-state index contributed by atoms with van der Waals surface area (Å²) in [5, 5.41) is 11.7. The molecule has 0 fully saturated rings. The third-order valence-corrected chi connectivity index (χ3v) is 5.33. The van der Waals surface area contributed by atoms with E-state index in [-0.39, 0.29) is 12.5 Å². The van der Waals surface area contributed by atoms with Crippen LogP contribution in [0, 0.1) is 0 Å². The molecule has 0 saturated heterocycles. The van der Waals surface area contributed by atoms with Crippen LogP contribution in [0.3, 0.4) is 0 Å². The van der Waals surface area contributed by atoms with Crippen LogP contribution in [0.2, 0.25) is 0 Å². The lowest BCUT2D eigenvalue weighted by atomic mass is 10.0. The lowest BCUT2D eigenvalue weighted by Crippen LogP contribution is -2.31. The molecule has 0 aliphatic carbocycles. The number of hydrogen-bond acceptors (Lipinski definition) is 3. The van der Waals surface area contributed by atoms with Gasteiger partial charge in [0.1, 0.15) is 5.75 Å². The maximum atomic E-state index is 12.8. The van der Waals surface area contributed by atoms with Crippen LogP contribution in [0.25, 0.3) is 11.1 Å². The molecule has 0 aromatic heterocycles. The molecule has 0 bridgehead atoms. The monoisotopic (exact) mass is 446 g/mol. The molecule has 33 heavy (non-hydrogen) atoms. The minimum absolute atomic E-state index is 0.114. The lowest BCUT2D eigenvalue weighted by molar-refractivity contribution is -0.136. The fraction of sp³-hybridized carbons (Fsp3) is 0.259. The Hall–Kier alpha value is -3.80. The molecule has 0 aliphatic heterocycles. The van der Waals surface area contributed by atoms with Crippen molar-refractivity contribution in [2.45, 2.75) is 32.6 Å². The predicted molar refractivity (Wildman–Crippen MR) is 132 cm³/mol. The molecule has 3 aromatic carbocycles. The Labute approximate surface area is 194 Å². The molecule has 0 radical (unpaired) electrons. The normalized spacial score (nSPS) is 10.5. The molecule has 3 aromatic rings. The first-order chi connectivity index (χ1) is 16.0. The fourth-order valence-corrected chi connectivity index (χ4v) is 3.30. The number of carbonyl (C=O) groups is 2. The summed E-state index contributed by atoms with van der Waals surface area (Å²) >= 11 is 0. The quantitative estimate of drug-likeness (QED) is 0.363. The minimum atomic E-state index is -0.802. The van der Waals surface area contributed by atoms with Crippen molar-refractivity contribution in [3.63, 3.8) is 0 Å². The van der Waals surface area contributed by atoms with Gasteiger partial charge in [0.05, 0.1) is 6.61 Å². The third kappa shape index (κ3) is 7.10. The number of carboxylic acids is 1. The summed E-state index contributed by atoms with van der Waals surface area (Å²) in [5.74, 6) is -0.0131. The molecule has 0 atom stereocenters. The number of nitrogens with zero attached hydrogens (tertiary/aromatic N) is 1. The first-order valence-electron chi connectivity index (χ1n) is 11.1. The molecule has 0 saturated carbocycles. The summed E-state index contributed by atoms with van der Waals surface area (Å²) in [6.45, 7) is 2.81. The highest BCUT2D eigenvalue weighted by molar-refractivity contribution is 6.01. The molecule has 2 N–H and O–H groups in total. The Morgan fingerprint density at radius 2 is 1.70 bits per heavy atom. The van der Waals surface area contributed by atoms with E-state index < -0.39 is 5.97 Å². The number of carbonyl (C=O) groups excluding carboxylic acids is 1. The van der Waals surface area contributed by atoms with E-state index in [9.17, 15) is 9.59 Å². The third-order valence-electron chi connectivity index (χ3n) is 5.33. The smallest absolute Gasteiger partial charge is 0.326 e. The summed E-state index contributed by atoms with van der Waals surface area (Å²) in [6.07, 6.45) is 2.71. The molecule has 3 rings (SSSR count). The number of amides is 2. The average Bonchev–Trinajstić information content (AvgIpc) is 2.84. The SMILES string of the molecule is CCCCOc1ccc(NC(=O)N(C)c2cccc(-c3ccc(CCC(=O)O)cc3)c2)cc1. The van der Waals surface area contributed by atoms with Gasteiger partial charge in [-0.25, -0.2) is 4.79 Å². The fourth-order valence-electron chi connectivity index (χ4n) is 3.30. The van der Waals surface area contributed by atoms with Crippen LogP contribution in [0.5, 0.6) is 5.75 Å². The van der Waals surface area contributed by atoms with E-state index in [1.54, 1.807) is 11.9 Å². The van der Waals surface area contributed by atoms with Crippen LogP contribution < -0.4 is 15.0 Å². The van der Waals surface area contributed by atoms with Crippen molar-refractivity contribution in [1.82, 2.24) is 0 Å².